The van der Waals surface area contributed by atoms with Crippen molar-refractivity contribution in [2.24, 2.45) is 4.99 Å². The zero-order valence-electron chi connectivity index (χ0n) is 16.8. The fourth-order valence-corrected chi connectivity index (χ4v) is 3.25. The van der Waals surface area contributed by atoms with E-state index in [2.05, 4.69) is 55.4 Å². The van der Waals surface area contributed by atoms with E-state index in [1.807, 2.05) is 12.1 Å². The van der Waals surface area contributed by atoms with Crippen molar-refractivity contribution in [3.05, 3.63) is 29.8 Å². The summed E-state index contributed by atoms with van der Waals surface area (Å²) in [5.74, 6) is 1.82. The molecule has 1 heterocycles. The van der Waals surface area contributed by atoms with Gasteiger partial charge in [0.2, 0.25) is 0 Å². The molecule has 5 nitrogen and oxygen atoms in total. The molecule has 1 aliphatic heterocycles. The smallest absolute Gasteiger partial charge is 0.191 e. The van der Waals surface area contributed by atoms with Crippen molar-refractivity contribution in [1.82, 2.24) is 15.5 Å². The molecule has 2 N–H and O–H groups in total. The summed E-state index contributed by atoms with van der Waals surface area (Å²) < 4.78 is 5.61. The molecule has 26 heavy (non-hydrogen) atoms. The summed E-state index contributed by atoms with van der Waals surface area (Å²) in [6, 6.07) is 8.57. The average Bonchev–Trinajstić information content (AvgIpc) is 3.08. The molecule has 1 aromatic rings. The molecule has 1 fully saturated rings. The molecule has 1 aromatic carbocycles. The first kappa shape index (κ1) is 23.0. The van der Waals surface area contributed by atoms with E-state index >= 15 is 0 Å². The van der Waals surface area contributed by atoms with Crippen LogP contribution in [0.15, 0.2) is 29.3 Å². The molecule has 6 heteroatoms. The molecule has 0 aromatic heterocycles. The summed E-state index contributed by atoms with van der Waals surface area (Å²) in [6.07, 6.45) is 2.52. The second kappa shape index (κ2) is 11.0. The van der Waals surface area contributed by atoms with E-state index in [0.717, 1.165) is 31.3 Å². The van der Waals surface area contributed by atoms with Crippen LogP contribution in [-0.4, -0.2) is 49.7 Å². The molecule has 0 saturated carbocycles. The van der Waals surface area contributed by atoms with Gasteiger partial charge in [-0.2, -0.15) is 0 Å². The standard InChI is InChI=1S/C20H34N4O.HI/c1-6-21-19(23-20(2,3)4)22-15-17(24-13-9-10-14-24)16-11-7-8-12-18(16)25-5;/h7-8,11-12,17H,6,9-10,13-15H2,1-5H3,(H2,21,22,23);1H. The largest absolute Gasteiger partial charge is 0.496 e. The van der Waals surface area contributed by atoms with Gasteiger partial charge in [-0.25, -0.2) is 0 Å². The van der Waals surface area contributed by atoms with Gasteiger partial charge in [-0.05, 0) is 59.7 Å². The Balaban J connectivity index is 0.00000338. The van der Waals surface area contributed by atoms with Gasteiger partial charge in [-0.3, -0.25) is 9.89 Å². The summed E-state index contributed by atoms with van der Waals surface area (Å²) in [6.45, 7) is 12.4. The first-order valence-corrected chi connectivity index (χ1v) is 9.38. The van der Waals surface area contributed by atoms with Gasteiger partial charge in [-0.15, -0.1) is 24.0 Å². The Labute approximate surface area is 176 Å². The normalized spacial score (nSPS) is 16.7. The highest BCUT2D eigenvalue weighted by Gasteiger charge is 2.26. The first-order valence-electron chi connectivity index (χ1n) is 9.38. The van der Waals surface area contributed by atoms with Crippen LogP contribution in [0.5, 0.6) is 5.75 Å². The summed E-state index contributed by atoms with van der Waals surface area (Å²) in [4.78, 5) is 7.42. The van der Waals surface area contributed by atoms with Gasteiger partial charge < -0.3 is 15.4 Å². The van der Waals surface area contributed by atoms with Crippen molar-refractivity contribution >= 4 is 29.9 Å². The van der Waals surface area contributed by atoms with E-state index < -0.39 is 0 Å². The van der Waals surface area contributed by atoms with Crippen LogP contribution in [0.3, 0.4) is 0 Å². The number of guanidine groups is 1. The maximum absolute atomic E-state index is 5.61. The SMILES string of the molecule is CCNC(=NCC(c1ccccc1OC)N1CCCC1)NC(C)(C)C.I. The highest BCUT2D eigenvalue weighted by Crippen LogP contribution is 2.31. The van der Waals surface area contributed by atoms with E-state index in [4.69, 9.17) is 9.73 Å². The third-order valence-corrected chi connectivity index (χ3v) is 4.34. The van der Waals surface area contributed by atoms with E-state index in [1.54, 1.807) is 7.11 Å². The van der Waals surface area contributed by atoms with Crippen LogP contribution >= 0.6 is 24.0 Å². The van der Waals surface area contributed by atoms with Crippen LogP contribution < -0.4 is 15.4 Å². The van der Waals surface area contributed by atoms with Crippen molar-refractivity contribution in [2.75, 3.05) is 33.3 Å². The highest BCUT2D eigenvalue weighted by atomic mass is 127. The van der Waals surface area contributed by atoms with Crippen LogP contribution in [0.1, 0.15) is 52.1 Å². The number of ether oxygens (including phenoxy) is 1. The van der Waals surface area contributed by atoms with Crippen LogP contribution in [0, 0.1) is 0 Å². The lowest BCUT2D eigenvalue weighted by molar-refractivity contribution is 0.245. The first-order chi connectivity index (χ1) is 11.9. The second-order valence-corrected chi connectivity index (χ2v) is 7.60. The molecule has 2 rings (SSSR count). The molecule has 0 spiro atoms. The Morgan fingerprint density at radius 3 is 2.46 bits per heavy atom. The van der Waals surface area contributed by atoms with Crippen LogP contribution in [0.2, 0.25) is 0 Å². The quantitative estimate of drug-likeness (QED) is 0.374. The number of halogens is 1. The lowest BCUT2D eigenvalue weighted by Gasteiger charge is -2.29. The molecule has 1 atom stereocenters. The third kappa shape index (κ3) is 6.95. The zero-order chi connectivity index (χ0) is 18.3. The summed E-state index contributed by atoms with van der Waals surface area (Å²) in [7, 11) is 1.74. The number of nitrogens with one attached hydrogen (secondary N) is 2. The Hall–Kier alpha value is -1.02. The van der Waals surface area contributed by atoms with Crippen molar-refractivity contribution in [3.63, 3.8) is 0 Å². The molecule has 0 aliphatic carbocycles. The molecule has 0 amide bonds. The Kier molecular flexibility index (Phi) is 9.71. The number of benzene rings is 1. The Morgan fingerprint density at radius 1 is 1.23 bits per heavy atom. The molecule has 1 aliphatic rings. The van der Waals surface area contributed by atoms with Gasteiger partial charge >= 0.3 is 0 Å². The minimum Gasteiger partial charge on any atom is -0.496 e. The van der Waals surface area contributed by atoms with Crippen molar-refractivity contribution in [3.8, 4) is 5.75 Å². The van der Waals surface area contributed by atoms with Gasteiger partial charge in [0.15, 0.2) is 5.96 Å². The van der Waals surface area contributed by atoms with Gasteiger partial charge in [0, 0.05) is 17.6 Å². The van der Waals surface area contributed by atoms with Gasteiger partial charge in [0.25, 0.3) is 0 Å². The van der Waals surface area contributed by atoms with Crippen LogP contribution in [-0.2, 0) is 0 Å². The molecule has 0 bridgehead atoms. The predicted molar refractivity (Wildman–Crippen MR) is 121 cm³/mol. The van der Waals surface area contributed by atoms with E-state index in [1.165, 1.54) is 18.4 Å². The summed E-state index contributed by atoms with van der Waals surface area (Å²) >= 11 is 0. The molecule has 1 unspecified atom stereocenters. The van der Waals surface area contributed by atoms with E-state index in [-0.39, 0.29) is 35.6 Å². The summed E-state index contributed by atoms with van der Waals surface area (Å²) in [5.41, 5.74) is 1.21. The van der Waals surface area contributed by atoms with Crippen molar-refractivity contribution in [2.45, 2.75) is 52.1 Å². The molecular weight excluding hydrogens is 439 g/mol. The maximum Gasteiger partial charge on any atom is 0.191 e. The highest BCUT2D eigenvalue weighted by molar-refractivity contribution is 14.0. The average molecular weight is 474 g/mol. The minimum absolute atomic E-state index is 0. The van der Waals surface area contributed by atoms with Crippen LogP contribution in [0.4, 0.5) is 0 Å². The monoisotopic (exact) mass is 474 g/mol. The fraction of sp³-hybridized carbons (Fsp3) is 0.650. The van der Waals surface area contributed by atoms with Crippen molar-refractivity contribution < 1.29 is 4.74 Å². The maximum atomic E-state index is 5.61. The molecule has 0 radical (unpaired) electrons. The topological polar surface area (TPSA) is 48.9 Å². The van der Waals surface area contributed by atoms with E-state index in [9.17, 15) is 0 Å². The van der Waals surface area contributed by atoms with E-state index in [0.29, 0.717) is 6.54 Å². The fourth-order valence-electron chi connectivity index (χ4n) is 3.25. The summed E-state index contributed by atoms with van der Waals surface area (Å²) in [5, 5.41) is 6.83. The molecule has 148 valence electrons. The zero-order valence-corrected chi connectivity index (χ0v) is 19.2. The van der Waals surface area contributed by atoms with Crippen LogP contribution in [0.25, 0.3) is 0 Å². The van der Waals surface area contributed by atoms with Gasteiger partial charge in [0.05, 0.1) is 19.7 Å². The predicted octanol–water partition coefficient (Wildman–Crippen LogP) is 3.80. The number of likely N-dealkylation sites (tertiary alicyclic amines) is 1. The second-order valence-electron chi connectivity index (χ2n) is 7.60. The lowest BCUT2D eigenvalue weighted by Crippen LogP contribution is -2.48. The third-order valence-electron chi connectivity index (χ3n) is 4.34. The number of methoxy groups -OCH3 is 1. The lowest BCUT2D eigenvalue weighted by atomic mass is 10.0. The van der Waals surface area contributed by atoms with Crippen molar-refractivity contribution in [1.29, 1.82) is 0 Å². The number of hydrogen-bond donors (Lipinski definition) is 2. The number of hydrogen-bond acceptors (Lipinski definition) is 3. The number of para-hydroxylation sites is 1. The van der Waals surface area contributed by atoms with Gasteiger partial charge in [0.1, 0.15) is 5.75 Å². The number of aliphatic imine (C=N–C) groups is 1. The van der Waals surface area contributed by atoms with Gasteiger partial charge in [-0.1, -0.05) is 18.2 Å². The number of nitrogens with zero attached hydrogens (tertiary/aromatic N) is 2. The molecule has 1 saturated heterocycles. The number of rotatable bonds is 6. The Morgan fingerprint density at radius 2 is 1.88 bits per heavy atom. The Bertz CT molecular complexity index is 565. The molecular formula is C20H35IN4O. The minimum atomic E-state index is -0.0193.